The Labute approximate surface area is 136 Å². The van der Waals surface area contributed by atoms with Crippen molar-refractivity contribution in [3.05, 3.63) is 78.3 Å². The Kier molecular flexibility index (Phi) is 3.30. The van der Waals surface area contributed by atoms with E-state index in [4.69, 9.17) is 4.74 Å². The summed E-state index contributed by atoms with van der Waals surface area (Å²) in [7, 11) is 0. The number of rotatable bonds is 0. The van der Waals surface area contributed by atoms with Gasteiger partial charge in [0.1, 0.15) is 17.2 Å². The smallest absolute Gasteiger partial charge is 0.409 e. The quantitative estimate of drug-likeness (QED) is 0.361. The lowest BCUT2D eigenvalue weighted by molar-refractivity contribution is -0.909. The average molecular weight is 326 g/mol. The van der Waals surface area contributed by atoms with E-state index in [1.165, 1.54) is 0 Å². The van der Waals surface area contributed by atoms with Gasteiger partial charge >= 0.3 is 12.6 Å². The first-order valence-corrected chi connectivity index (χ1v) is 7.32. The zero-order valence-electron chi connectivity index (χ0n) is 12.4. The summed E-state index contributed by atoms with van der Waals surface area (Å²) < 4.78 is 36.9. The number of aromatic nitrogens is 2. The molecule has 0 fully saturated rings. The van der Waals surface area contributed by atoms with Gasteiger partial charge in [-0.1, -0.05) is 0 Å². The van der Waals surface area contributed by atoms with Gasteiger partial charge in [0.2, 0.25) is 5.69 Å². The van der Waals surface area contributed by atoms with Gasteiger partial charge < -0.3 is 4.74 Å². The molecule has 4 rings (SSSR count). The molecule has 1 aliphatic rings. The molecule has 2 aromatic heterocycles. The van der Waals surface area contributed by atoms with Gasteiger partial charge in [-0.25, -0.2) is 13.6 Å². The fourth-order valence-electron chi connectivity index (χ4n) is 2.81. The first kappa shape index (κ1) is 14.4. The molecule has 3 heterocycles. The maximum atomic E-state index is 14.5. The van der Waals surface area contributed by atoms with Crippen LogP contribution >= 0.6 is 0 Å². The second-order valence-electron chi connectivity index (χ2n) is 5.40. The summed E-state index contributed by atoms with van der Waals surface area (Å²) in [6.07, 6.45) is 3.49. The molecule has 0 aliphatic carbocycles. The van der Waals surface area contributed by atoms with Crippen LogP contribution in [0.5, 0.6) is 5.75 Å². The minimum absolute atomic E-state index is 0.0544. The number of esters is 1. The van der Waals surface area contributed by atoms with E-state index in [9.17, 15) is 13.6 Å². The van der Waals surface area contributed by atoms with Crippen LogP contribution in [0.15, 0.2) is 60.9 Å². The summed E-state index contributed by atoms with van der Waals surface area (Å²) in [5, 5.41) is 0. The fraction of sp³-hybridized carbons (Fsp3) is 0.0556. The zero-order chi connectivity index (χ0) is 16.7. The highest BCUT2D eigenvalue weighted by Gasteiger charge is 2.32. The van der Waals surface area contributed by atoms with Crippen LogP contribution in [0.4, 0.5) is 8.78 Å². The summed E-state index contributed by atoms with van der Waals surface area (Å²) in [5.74, 6) is -2.40. The number of carbonyl (C=O) groups excluding carboxylic acids is 1. The van der Waals surface area contributed by atoms with E-state index in [-0.39, 0.29) is 23.7 Å². The molecule has 24 heavy (non-hydrogen) atoms. The Morgan fingerprint density at radius 2 is 1.58 bits per heavy atom. The molecular weight excluding hydrogens is 314 g/mol. The molecule has 0 spiro atoms. The number of halogens is 2. The average Bonchev–Trinajstić information content (AvgIpc) is 2.60. The van der Waals surface area contributed by atoms with Crippen LogP contribution in [-0.2, 0) is 6.67 Å². The Morgan fingerprint density at radius 3 is 2.33 bits per heavy atom. The van der Waals surface area contributed by atoms with E-state index < -0.39 is 17.6 Å². The molecule has 4 nitrogen and oxygen atoms in total. The monoisotopic (exact) mass is 326 g/mol. The Bertz CT molecular complexity index is 973. The van der Waals surface area contributed by atoms with Crippen LogP contribution in [0, 0.1) is 11.6 Å². The number of carbonyl (C=O) groups is 1. The van der Waals surface area contributed by atoms with Crippen molar-refractivity contribution in [2.75, 3.05) is 0 Å². The first-order chi connectivity index (χ1) is 11.6. The van der Waals surface area contributed by atoms with Crippen LogP contribution in [0.2, 0.25) is 0 Å². The van der Waals surface area contributed by atoms with E-state index in [1.54, 1.807) is 57.9 Å². The second kappa shape index (κ2) is 5.49. The largest absolute Gasteiger partial charge is 0.417 e. The molecule has 0 radical (unpaired) electrons. The van der Waals surface area contributed by atoms with E-state index in [0.717, 1.165) is 12.1 Å². The lowest BCUT2D eigenvalue weighted by Crippen LogP contribution is -2.55. The number of fused-ring (bicyclic) bond motifs is 4. The summed E-state index contributed by atoms with van der Waals surface area (Å²) >= 11 is 0. The van der Waals surface area contributed by atoms with Crippen molar-refractivity contribution < 1.29 is 27.4 Å². The highest BCUT2D eigenvalue weighted by atomic mass is 19.1. The third kappa shape index (κ3) is 2.32. The molecule has 6 heteroatoms. The molecule has 0 amide bonds. The standard InChI is InChI=1S/C18H12F2N2O2/c19-12-9-13(20)17-14-5-1-3-7-21(14)11-22-8-4-2-6-15(22)18(23)24-16(17)10-12/h1-10H,11H2/q+2. The van der Waals surface area contributed by atoms with Gasteiger partial charge in [0.15, 0.2) is 18.1 Å². The molecule has 0 saturated heterocycles. The zero-order valence-corrected chi connectivity index (χ0v) is 12.4. The van der Waals surface area contributed by atoms with Gasteiger partial charge in [-0.05, 0) is 12.1 Å². The van der Waals surface area contributed by atoms with Gasteiger partial charge in [-0.3, -0.25) is 0 Å². The van der Waals surface area contributed by atoms with Gasteiger partial charge in [-0.2, -0.15) is 0 Å². The van der Waals surface area contributed by atoms with Crippen LogP contribution in [-0.4, -0.2) is 5.97 Å². The molecule has 0 bridgehead atoms. The van der Waals surface area contributed by atoms with Gasteiger partial charge in [-0.15, -0.1) is 9.13 Å². The van der Waals surface area contributed by atoms with E-state index in [0.29, 0.717) is 5.69 Å². The van der Waals surface area contributed by atoms with E-state index >= 15 is 0 Å². The third-order valence-corrected chi connectivity index (χ3v) is 3.87. The number of hydrogen-bond acceptors (Lipinski definition) is 2. The molecule has 0 N–H and O–H groups in total. The van der Waals surface area contributed by atoms with Gasteiger partial charge in [0, 0.05) is 36.4 Å². The summed E-state index contributed by atoms with van der Waals surface area (Å²) in [6, 6.07) is 12.1. The molecule has 0 atom stereocenters. The van der Waals surface area contributed by atoms with Crippen LogP contribution in [0.3, 0.4) is 0 Å². The number of nitrogens with zero attached hydrogens (tertiary/aromatic N) is 2. The van der Waals surface area contributed by atoms with Crippen molar-refractivity contribution in [2.45, 2.75) is 6.67 Å². The molecule has 1 aliphatic heterocycles. The molecule has 0 saturated carbocycles. The van der Waals surface area contributed by atoms with E-state index in [1.807, 2.05) is 0 Å². The molecule has 3 aromatic rings. The van der Waals surface area contributed by atoms with Gasteiger partial charge in [0.05, 0.1) is 0 Å². The topological polar surface area (TPSA) is 34.1 Å². The minimum atomic E-state index is -0.804. The van der Waals surface area contributed by atoms with Crippen LogP contribution < -0.4 is 13.9 Å². The summed E-state index contributed by atoms with van der Waals surface area (Å²) in [5.41, 5.74) is 0.832. The predicted octanol–water partition coefficient (Wildman–Crippen LogP) is 2.25. The Hall–Kier alpha value is -3.15. The lowest BCUT2D eigenvalue weighted by Gasteiger charge is -2.07. The lowest BCUT2D eigenvalue weighted by atomic mass is 10.1. The number of benzene rings is 1. The highest BCUT2D eigenvalue weighted by molar-refractivity contribution is 5.88. The van der Waals surface area contributed by atoms with Crippen molar-refractivity contribution in [1.82, 2.24) is 0 Å². The normalized spacial score (nSPS) is 12.8. The van der Waals surface area contributed by atoms with Crippen LogP contribution in [0.25, 0.3) is 11.3 Å². The summed E-state index contributed by atoms with van der Waals surface area (Å²) in [4.78, 5) is 12.5. The molecular formula is C18H12F2N2O2+2. The van der Waals surface area contributed by atoms with Gasteiger partial charge in [0.25, 0.3) is 5.69 Å². The maximum Gasteiger partial charge on any atom is 0.409 e. The fourth-order valence-corrected chi connectivity index (χ4v) is 2.81. The predicted molar refractivity (Wildman–Crippen MR) is 79.0 cm³/mol. The number of pyridine rings is 2. The number of ether oxygens (including phenoxy) is 1. The highest BCUT2D eigenvalue weighted by Crippen LogP contribution is 2.32. The van der Waals surface area contributed by atoms with Crippen molar-refractivity contribution in [2.24, 2.45) is 0 Å². The molecule has 0 unspecified atom stereocenters. The summed E-state index contributed by atoms with van der Waals surface area (Å²) in [6.45, 7) is 0.289. The first-order valence-electron chi connectivity index (χ1n) is 7.32. The number of hydrogen-bond donors (Lipinski definition) is 0. The third-order valence-electron chi connectivity index (χ3n) is 3.87. The van der Waals surface area contributed by atoms with Crippen molar-refractivity contribution in [1.29, 1.82) is 0 Å². The Morgan fingerprint density at radius 1 is 0.917 bits per heavy atom. The molecule has 118 valence electrons. The SMILES string of the molecule is O=C1Oc2cc(F)cc(F)c2-c2cccc[n+]2C[n+]2ccccc21. The molecule has 1 aromatic carbocycles. The maximum absolute atomic E-state index is 14.5. The second-order valence-corrected chi connectivity index (χ2v) is 5.40. The van der Waals surface area contributed by atoms with Crippen molar-refractivity contribution in [3.8, 4) is 17.0 Å². The Balaban J connectivity index is 2.05. The van der Waals surface area contributed by atoms with Crippen molar-refractivity contribution in [3.63, 3.8) is 0 Å². The van der Waals surface area contributed by atoms with Crippen molar-refractivity contribution >= 4 is 5.97 Å². The van der Waals surface area contributed by atoms with E-state index in [2.05, 4.69) is 0 Å². The van der Waals surface area contributed by atoms with Crippen LogP contribution in [0.1, 0.15) is 10.5 Å². The minimum Gasteiger partial charge on any atom is -0.417 e.